The number of Topliss-reactive ketones (excluding diaryl/α,β-unsaturated/α-hetero) is 1. The van der Waals surface area contributed by atoms with Crippen molar-refractivity contribution >= 4 is 5.78 Å². The molecule has 1 aliphatic carbocycles. The second-order valence-electron chi connectivity index (χ2n) is 4.61. The van der Waals surface area contributed by atoms with Gasteiger partial charge in [-0.3, -0.25) is 4.79 Å². The number of carbonyl (C=O) groups is 1. The molecule has 3 rings (SSSR count). The van der Waals surface area contributed by atoms with Crippen LogP contribution in [0, 0.1) is 5.92 Å². The average Bonchev–Trinajstić information content (AvgIpc) is 3.02. The van der Waals surface area contributed by atoms with Crippen molar-refractivity contribution in [3.8, 4) is 0 Å². The molecule has 2 saturated heterocycles. The van der Waals surface area contributed by atoms with Crippen LogP contribution in [0.2, 0.25) is 0 Å². The predicted molar refractivity (Wildman–Crippen MR) is 51.3 cm³/mol. The average molecular weight is 212 g/mol. The fraction of sp³-hybridized carbons (Fsp3) is 0.909. The molecule has 0 aromatic rings. The lowest BCUT2D eigenvalue weighted by atomic mass is 9.82. The molecule has 3 aliphatic rings. The zero-order valence-electron chi connectivity index (χ0n) is 8.74. The van der Waals surface area contributed by atoms with Gasteiger partial charge in [0.25, 0.3) is 0 Å². The largest absolute Gasteiger partial charge is 0.365 e. The summed E-state index contributed by atoms with van der Waals surface area (Å²) in [5, 5.41) is 0. The molecule has 2 heterocycles. The highest BCUT2D eigenvalue weighted by Crippen LogP contribution is 2.39. The molecule has 4 nitrogen and oxygen atoms in total. The maximum Gasteiger partial charge on any atom is 0.168 e. The van der Waals surface area contributed by atoms with Crippen molar-refractivity contribution in [2.45, 2.75) is 37.6 Å². The van der Waals surface area contributed by atoms with E-state index in [1.807, 2.05) is 0 Å². The highest BCUT2D eigenvalue weighted by Gasteiger charge is 2.44. The first kappa shape index (κ1) is 9.75. The van der Waals surface area contributed by atoms with Gasteiger partial charge >= 0.3 is 0 Å². The van der Waals surface area contributed by atoms with E-state index in [1.54, 1.807) is 0 Å². The van der Waals surface area contributed by atoms with Crippen LogP contribution in [0.4, 0.5) is 0 Å². The van der Waals surface area contributed by atoms with Gasteiger partial charge in [0, 0.05) is 18.8 Å². The Bertz CT molecular complexity index is 256. The third-order valence-electron chi connectivity index (χ3n) is 3.61. The lowest BCUT2D eigenvalue weighted by Crippen LogP contribution is -2.37. The quantitative estimate of drug-likeness (QED) is 0.638. The summed E-state index contributed by atoms with van der Waals surface area (Å²) >= 11 is 0. The molecule has 15 heavy (non-hydrogen) atoms. The summed E-state index contributed by atoms with van der Waals surface area (Å²) in [6, 6.07) is 0. The van der Waals surface area contributed by atoms with Crippen molar-refractivity contribution in [2.75, 3.05) is 19.8 Å². The van der Waals surface area contributed by atoms with Crippen LogP contribution in [0.1, 0.15) is 25.7 Å². The second-order valence-corrected chi connectivity index (χ2v) is 4.61. The lowest BCUT2D eigenvalue weighted by molar-refractivity contribution is -0.183. The van der Waals surface area contributed by atoms with Gasteiger partial charge in [0.2, 0.25) is 0 Å². The van der Waals surface area contributed by atoms with Gasteiger partial charge in [-0.15, -0.1) is 0 Å². The Hall–Kier alpha value is -0.450. The number of ether oxygens (including phenoxy) is 3. The van der Waals surface area contributed by atoms with Crippen molar-refractivity contribution < 1.29 is 19.0 Å². The molecule has 0 N–H and O–H groups in total. The minimum Gasteiger partial charge on any atom is -0.365 e. The number of hydrogen-bond acceptors (Lipinski definition) is 4. The summed E-state index contributed by atoms with van der Waals surface area (Å²) in [4.78, 5) is 11.8. The highest BCUT2D eigenvalue weighted by atomic mass is 16.7. The third kappa shape index (κ3) is 1.82. The zero-order valence-corrected chi connectivity index (χ0v) is 8.74. The summed E-state index contributed by atoms with van der Waals surface area (Å²) in [7, 11) is 0. The minimum atomic E-state index is -0.346. The zero-order chi connectivity index (χ0) is 10.3. The fourth-order valence-electron chi connectivity index (χ4n) is 2.60. The number of ketones is 1. The van der Waals surface area contributed by atoms with Gasteiger partial charge in [-0.25, -0.2) is 0 Å². The first-order valence-electron chi connectivity index (χ1n) is 5.72. The van der Waals surface area contributed by atoms with E-state index in [1.165, 1.54) is 0 Å². The fourth-order valence-corrected chi connectivity index (χ4v) is 2.60. The Morgan fingerprint density at radius 3 is 2.27 bits per heavy atom. The second kappa shape index (κ2) is 3.54. The molecule has 0 amide bonds. The summed E-state index contributed by atoms with van der Waals surface area (Å²) in [6.07, 6.45) is 3.40. The van der Waals surface area contributed by atoms with E-state index in [4.69, 9.17) is 14.2 Å². The summed E-state index contributed by atoms with van der Waals surface area (Å²) in [6.45, 7) is 2.03. The molecule has 4 heteroatoms. The Kier molecular flexibility index (Phi) is 2.30. The number of carbonyl (C=O) groups excluding carboxylic acids is 1. The van der Waals surface area contributed by atoms with Crippen molar-refractivity contribution in [2.24, 2.45) is 5.92 Å². The normalized spacial score (nSPS) is 34.5. The van der Waals surface area contributed by atoms with Crippen molar-refractivity contribution in [1.29, 1.82) is 0 Å². The van der Waals surface area contributed by atoms with E-state index in [9.17, 15) is 4.79 Å². The van der Waals surface area contributed by atoms with Crippen LogP contribution in [0.5, 0.6) is 0 Å². The van der Waals surface area contributed by atoms with E-state index in [0.717, 1.165) is 25.7 Å². The van der Waals surface area contributed by atoms with Gasteiger partial charge < -0.3 is 14.2 Å². The molecule has 1 saturated carbocycles. The van der Waals surface area contributed by atoms with Crippen LogP contribution < -0.4 is 0 Å². The third-order valence-corrected chi connectivity index (χ3v) is 3.61. The van der Waals surface area contributed by atoms with E-state index >= 15 is 0 Å². The molecule has 0 aromatic carbocycles. The maximum absolute atomic E-state index is 11.8. The molecular formula is C11H16O4. The Labute approximate surface area is 88.9 Å². The highest BCUT2D eigenvalue weighted by molar-refractivity contribution is 5.87. The molecule has 0 aromatic heterocycles. The molecule has 1 atom stereocenters. The van der Waals surface area contributed by atoms with Gasteiger partial charge in [0.1, 0.15) is 6.10 Å². The predicted octanol–water partition coefficient (Wildman–Crippen LogP) is 0.888. The maximum atomic E-state index is 11.8. The van der Waals surface area contributed by atoms with E-state index in [0.29, 0.717) is 25.6 Å². The first-order valence-corrected chi connectivity index (χ1v) is 5.72. The standard InChI is InChI=1S/C11H16O4/c12-10(9-7-13-9)8-1-3-11(4-2-8)14-5-6-15-11/h8-9H,1-7H2. The summed E-state index contributed by atoms with van der Waals surface area (Å²) < 4.78 is 16.3. The monoisotopic (exact) mass is 212 g/mol. The molecule has 1 spiro atoms. The molecular weight excluding hydrogens is 196 g/mol. The Morgan fingerprint density at radius 2 is 1.73 bits per heavy atom. The van der Waals surface area contributed by atoms with Gasteiger partial charge in [0.05, 0.1) is 19.8 Å². The smallest absolute Gasteiger partial charge is 0.168 e. The molecule has 2 aliphatic heterocycles. The van der Waals surface area contributed by atoms with Crippen LogP contribution in [0.3, 0.4) is 0 Å². The topological polar surface area (TPSA) is 48.1 Å². The Morgan fingerprint density at radius 1 is 1.13 bits per heavy atom. The summed E-state index contributed by atoms with van der Waals surface area (Å²) in [5.41, 5.74) is 0. The van der Waals surface area contributed by atoms with Crippen LogP contribution >= 0.6 is 0 Å². The molecule has 0 radical (unpaired) electrons. The van der Waals surface area contributed by atoms with Gasteiger partial charge in [0.15, 0.2) is 11.6 Å². The molecule has 0 bridgehead atoms. The van der Waals surface area contributed by atoms with Gasteiger partial charge in [-0.1, -0.05) is 0 Å². The number of epoxide rings is 1. The van der Waals surface area contributed by atoms with Gasteiger partial charge in [-0.05, 0) is 12.8 Å². The Balaban J connectivity index is 1.57. The van der Waals surface area contributed by atoms with Crippen LogP contribution in [-0.2, 0) is 19.0 Å². The molecule has 3 fully saturated rings. The van der Waals surface area contributed by atoms with E-state index in [2.05, 4.69) is 0 Å². The van der Waals surface area contributed by atoms with Gasteiger partial charge in [-0.2, -0.15) is 0 Å². The van der Waals surface area contributed by atoms with E-state index in [-0.39, 0.29) is 17.8 Å². The molecule has 84 valence electrons. The van der Waals surface area contributed by atoms with Crippen molar-refractivity contribution in [1.82, 2.24) is 0 Å². The van der Waals surface area contributed by atoms with Crippen LogP contribution in [0.15, 0.2) is 0 Å². The number of rotatable bonds is 2. The van der Waals surface area contributed by atoms with Crippen LogP contribution in [0.25, 0.3) is 0 Å². The van der Waals surface area contributed by atoms with Crippen LogP contribution in [-0.4, -0.2) is 37.5 Å². The van der Waals surface area contributed by atoms with Crippen molar-refractivity contribution in [3.05, 3.63) is 0 Å². The minimum absolute atomic E-state index is 0.0885. The first-order chi connectivity index (χ1) is 7.29. The molecule has 1 unspecified atom stereocenters. The van der Waals surface area contributed by atoms with E-state index < -0.39 is 0 Å². The number of hydrogen-bond donors (Lipinski definition) is 0. The summed E-state index contributed by atoms with van der Waals surface area (Å²) in [5.74, 6) is 0.125. The SMILES string of the molecule is O=C(C1CCC2(CC1)OCCO2)C1CO1. The lowest BCUT2D eigenvalue weighted by Gasteiger charge is -2.34. The van der Waals surface area contributed by atoms with Crippen molar-refractivity contribution in [3.63, 3.8) is 0 Å².